The van der Waals surface area contributed by atoms with E-state index in [1.54, 1.807) is 37.4 Å². The maximum atomic E-state index is 12.8. The van der Waals surface area contributed by atoms with Crippen LogP contribution >= 0.6 is 12.2 Å². The fourth-order valence-electron chi connectivity index (χ4n) is 3.04. The Kier molecular flexibility index (Phi) is 7.22. The van der Waals surface area contributed by atoms with Crippen molar-refractivity contribution in [3.05, 3.63) is 71.8 Å². The summed E-state index contributed by atoms with van der Waals surface area (Å²) in [7, 11) is -0.804. The van der Waals surface area contributed by atoms with Gasteiger partial charge in [-0.1, -0.05) is 17.7 Å². The molecule has 0 saturated heterocycles. The topological polar surface area (TPSA) is 88.7 Å². The molecule has 0 amide bonds. The van der Waals surface area contributed by atoms with Gasteiger partial charge in [-0.05, 0) is 74.1 Å². The highest BCUT2D eigenvalue weighted by molar-refractivity contribution is 7.92. The van der Waals surface area contributed by atoms with Crippen LogP contribution in [0.2, 0.25) is 0 Å². The standard InChI is InChI=1S/C23H25N3O4S2/c1-15-5-11-20(16(2)13-15)24-23(31)25-21-12-10-19(14-22(21)30-4)32(27,28)26-17-6-8-18(29-3)9-7-17/h5-14,26H,1-4H3,(H2,24,25,31). The van der Waals surface area contributed by atoms with Gasteiger partial charge in [-0.15, -0.1) is 0 Å². The van der Waals surface area contributed by atoms with Crippen molar-refractivity contribution in [1.82, 2.24) is 0 Å². The molecule has 0 fully saturated rings. The van der Waals surface area contributed by atoms with Gasteiger partial charge < -0.3 is 20.1 Å². The van der Waals surface area contributed by atoms with Crippen molar-refractivity contribution in [2.45, 2.75) is 18.7 Å². The molecule has 0 aliphatic rings. The van der Waals surface area contributed by atoms with E-state index in [0.29, 0.717) is 28.0 Å². The quantitative estimate of drug-likeness (QED) is 0.421. The molecule has 7 nitrogen and oxygen atoms in total. The molecule has 0 bridgehead atoms. The number of benzene rings is 3. The first kappa shape index (κ1) is 23.4. The maximum Gasteiger partial charge on any atom is 0.262 e. The lowest BCUT2D eigenvalue weighted by molar-refractivity contribution is 0.415. The third-order valence-corrected chi connectivity index (χ3v) is 6.29. The Balaban J connectivity index is 1.76. The molecule has 0 aromatic heterocycles. The summed E-state index contributed by atoms with van der Waals surface area (Å²) in [6.07, 6.45) is 0. The lowest BCUT2D eigenvalue weighted by atomic mass is 10.1. The Morgan fingerprint density at radius 3 is 2.12 bits per heavy atom. The number of hydrogen-bond donors (Lipinski definition) is 3. The summed E-state index contributed by atoms with van der Waals surface area (Å²) in [5.41, 5.74) is 4.07. The Morgan fingerprint density at radius 1 is 0.844 bits per heavy atom. The number of rotatable bonds is 7. The zero-order valence-electron chi connectivity index (χ0n) is 18.2. The molecular weight excluding hydrogens is 446 g/mol. The first-order chi connectivity index (χ1) is 15.2. The van der Waals surface area contributed by atoms with Gasteiger partial charge in [0, 0.05) is 17.4 Å². The van der Waals surface area contributed by atoms with Crippen molar-refractivity contribution < 1.29 is 17.9 Å². The lowest BCUT2D eigenvalue weighted by Crippen LogP contribution is -2.20. The largest absolute Gasteiger partial charge is 0.497 e. The number of methoxy groups -OCH3 is 2. The molecular formula is C23H25N3O4S2. The average molecular weight is 472 g/mol. The van der Waals surface area contributed by atoms with Gasteiger partial charge >= 0.3 is 0 Å². The minimum absolute atomic E-state index is 0.0592. The molecule has 3 N–H and O–H groups in total. The van der Waals surface area contributed by atoms with Gasteiger partial charge in [-0.25, -0.2) is 8.42 Å². The summed E-state index contributed by atoms with van der Waals surface area (Å²) < 4.78 is 38.6. The van der Waals surface area contributed by atoms with E-state index in [0.717, 1.165) is 16.8 Å². The number of sulfonamides is 1. The number of nitrogens with one attached hydrogen (secondary N) is 3. The molecule has 3 rings (SSSR count). The fourth-order valence-corrected chi connectivity index (χ4v) is 4.34. The molecule has 32 heavy (non-hydrogen) atoms. The summed E-state index contributed by atoms with van der Waals surface area (Å²) in [4.78, 5) is 0.0592. The normalized spacial score (nSPS) is 10.9. The van der Waals surface area contributed by atoms with Crippen LogP contribution in [0, 0.1) is 13.8 Å². The van der Waals surface area contributed by atoms with Crippen LogP contribution in [0.3, 0.4) is 0 Å². The molecule has 3 aromatic rings. The van der Waals surface area contributed by atoms with E-state index in [9.17, 15) is 8.42 Å². The Morgan fingerprint density at radius 2 is 1.50 bits per heavy atom. The summed E-state index contributed by atoms with van der Waals surface area (Å²) in [5, 5.41) is 6.57. The smallest absolute Gasteiger partial charge is 0.262 e. The van der Waals surface area contributed by atoms with E-state index in [1.807, 2.05) is 26.0 Å². The van der Waals surface area contributed by atoms with Crippen LogP contribution in [0.1, 0.15) is 11.1 Å². The van der Waals surface area contributed by atoms with Crippen LogP contribution < -0.4 is 24.8 Å². The molecule has 0 saturated carbocycles. The van der Waals surface area contributed by atoms with E-state index < -0.39 is 10.0 Å². The molecule has 0 aliphatic heterocycles. The lowest BCUT2D eigenvalue weighted by Gasteiger charge is -2.16. The zero-order valence-corrected chi connectivity index (χ0v) is 19.9. The van der Waals surface area contributed by atoms with Crippen LogP contribution in [-0.2, 0) is 10.0 Å². The highest BCUT2D eigenvalue weighted by Gasteiger charge is 2.17. The molecule has 168 valence electrons. The maximum absolute atomic E-state index is 12.8. The van der Waals surface area contributed by atoms with Crippen molar-refractivity contribution in [2.24, 2.45) is 0 Å². The summed E-state index contributed by atoms with van der Waals surface area (Å²) in [6.45, 7) is 4.02. The van der Waals surface area contributed by atoms with E-state index in [4.69, 9.17) is 21.7 Å². The predicted molar refractivity (Wildman–Crippen MR) is 133 cm³/mol. The molecule has 0 atom stereocenters. The van der Waals surface area contributed by atoms with Crippen molar-refractivity contribution in [1.29, 1.82) is 0 Å². The third-order valence-electron chi connectivity index (χ3n) is 4.70. The van der Waals surface area contributed by atoms with Crippen LogP contribution in [0.5, 0.6) is 11.5 Å². The second-order valence-corrected chi connectivity index (χ2v) is 9.18. The first-order valence-electron chi connectivity index (χ1n) is 9.72. The van der Waals surface area contributed by atoms with Gasteiger partial charge in [0.15, 0.2) is 5.11 Å². The second-order valence-electron chi connectivity index (χ2n) is 7.09. The van der Waals surface area contributed by atoms with Gasteiger partial charge in [-0.3, -0.25) is 4.72 Å². The number of thiocarbonyl (C=S) groups is 1. The fraction of sp³-hybridized carbons (Fsp3) is 0.174. The van der Waals surface area contributed by atoms with Gasteiger partial charge in [0.05, 0.1) is 24.8 Å². The van der Waals surface area contributed by atoms with Crippen LogP contribution in [-0.4, -0.2) is 27.7 Å². The van der Waals surface area contributed by atoms with Crippen molar-refractivity contribution in [3.63, 3.8) is 0 Å². The van der Waals surface area contributed by atoms with Crippen molar-refractivity contribution in [2.75, 3.05) is 29.6 Å². The first-order valence-corrected chi connectivity index (χ1v) is 11.6. The highest BCUT2D eigenvalue weighted by atomic mass is 32.2. The SMILES string of the molecule is COc1ccc(NS(=O)(=O)c2ccc(NC(=S)Nc3ccc(C)cc3C)c(OC)c2)cc1. The average Bonchev–Trinajstić information content (AvgIpc) is 2.76. The van der Waals surface area contributed by atoms with Gasteiger partial charge in [0.25, 0.3) is 10.0 Å². The molecule has 0 radical (unpaired) electrons. The molecule has 0 aliphatic carbocycles. The number of hydrogen-bond acceptors (Lipinski definition) is 5. The van der Waals surface area contributed by atoms with Crippen LogP contribution in [0.4, 0.5) is 17.1 Å². The number of ether oxygens (including phenoxy) is 2. The Labute approximate surface area is 193 Å². The van der Waals surface area contributed by atoms with Crippen molar-refractivity contribution in [3.8, 4) is 11.5 Å². The van der Waals surface area contributed by atoms with Gasteiger partial charge in [0.1, 0.15) is 11.5 Å². The van der Waals surface area contributed by atoms with E-state index in [1.165, 1.54) is 19.2 Å². The molecule has 0 heterocycles. The Bertz CT molecular complexity index is 1230. The third kappa shape index (κ3) is 5.68. The summed E-state index contributed by atoms with van der Waals surface area (Å²) >= 11 is 5.41. The predicted octanol–water partition coefficient (Wildman–Crippen LogP) is 4.93. The summed E-state index contributed by atoms with van der Waals surface area (Å²) in [5.74, 6) is 0.975. The number of anilines is 3. The van der Waals surface area contributed by atoms with E-state index in [2.05, 4.69) is 21.4 Å². The Hall–Kier alpha value is -3.30. The van der Waals surface area contributed by atoms with Crippen LogP contribution in [0.15, 0.2) is 65.6 Å². The molecule has 0 spiro atoms. The van der Waals surface area contributed by atoms with E-state index >= 15 is 0 Å². The molecule has 0 unspecified atom stereocenters. The van der Waals surface area contributed by atoms with E-state index in [-0.39, 0.29) is 4.90 Å². The minimum Gasteiger partial charge on any atom is -0.497 e. The number of aryl methyl sites for hydroxylation is 2. The zero-order chi connectivity index (χ0) is 23.3. The minimum atomic E-state index is -3.82. The monoisotopic (exact) mass is 471 g/mol. The van der Waals surface area contributed by atoms with Gasteiger partial charge in [-0.2, -0.15) is 0 Å². The second kappa shape index (κ2) is 9.88. The highest BCUT2D eigenvalue weighted by Crippen LogP contribution is 2.29. The summed E-state index contributed by atoms with van der Waals surface area (Å²) in [6, 6.07) is 17.1. The molecule has 9 heteroatoms. The molecule has 3 aromatic carbocycles. The van der Waals surface area contributed by atoms with Crippen molar-refractivity contribution >= 4 is 44.4 Å². The van der Waals surface area contributed by atoms with Crippen LogP contribution in [0.25, 0.3) is 0 Å². The van der Waals surface area contributed by atoms with Gasteiger partial charge in [0.2, 0.25) is 0 Å².